The maximum atomic E-state index is 13.2. The molecule has 1 aliphatic heterocycles. The van der Waals surface area contributed by atoms with Crippen molar-refractivity contribution in [2.45, 2.75) is 25.4 Å². The van der Waals surface area contributed by atoms with Crippen molar-refractivity contribution in [2.75, 3.05) is 6.54 Å². The summed E-state index contributed by atoms with van der Waals surface area (Å²) in [5, 5.41) is 4.25. The summed E-state index contributed by atoms with van der Waals surface area (Å²) >= 11 is 0. The summed E-state index contributed by atoms with van der Waals surface area (Å²) in [5.74, 6) is -0.158. The molecule has 1 unspecified atom stereocenters. The molecule has 1 aromatic carbocycles. The van der Waals surface area contributed by atoms with Gasteiger partial charge in [0, 0.05) is 31.4 Å². The van der Waals surface area contributed by atoms with Gasteiger partial charge in [0.15, 0.2) is 0 Å². The quantitative estimate of drug-likeness (QED) is 0.845. The fraction of sp³-hybridized carbons (Fsp3) is 0.400. The van der Waals surface area contributed by atoms with Crippen molar-refractivity contribution < 1.29 is 4.39 Å². The van der Waals surface area contributed by atoms with Crippen molar-refractivity contribution in [1.82, 2.24) is 14.7 Å². The average Bonchev–Trinajstić information content (AvgIpc) is 2.98. The first-order valence-corrected chi connectivity index (χ1v) is 6.69. The van der Waals surface area contributed by atoms with E-state index in [2.05, 4.69) is 16.2 Å². The Morgan fingerprint density at radius 3 is 3.05 bits per heavy atom. The summed E-state index contributed by atoms with van der Waals surface area (Å²) in [6, 6.07) is 7.30. The monoisotopic (exact) mass is 259 g/mol. The van der Waals surface area contributed by atoms with Crippen molar-refractivity contribution >= 4 is 0 Å². The second-order valence-electron chi connectivity index (χ2n) is 5.21. The third-order valence-electron chi connectivity index (χ3n) is 3.75. The highest BCUT2D eigenvalue weighted by atomic mass is 19.1. The minimum atomic E-state index is -0.158. The molecule has 0 amide bonds. The zero-order valence-electron chi connectivity index (χ0n) is 11.1. The summed E-state index contributed by atoms with van der Waals surface area (Å²) in [4.78, 5) is 2.41. The van der Waals surface area contributed by atoms with Gasteiger partial charge in [-0.3, -0.25) is 9.58 Å². The molecule has 0 saturated carbocycles. The van der Waals surface area contributed by atoms with Crippen LogP contribution in [0.25, 0.3) is 0 Å². The van der Waals surface area contributed by atoms with Crippen LogP contribution in [0.2, 0.25) is 0 Å². The van der Waals surface area contributed by atoms with Crippen LogP contribution in [0.1, 0.15) is 30.0 Å². The maximum absolute atomic E-state index is 13.2. The van der Waals surface area contributed by atoms with E-state index in [1.807, 2.05) is 24.0 Å². The molecule has 0 spiro atoms. The van der Waals surface area contributed by atoms with Gasteiger partial charge in [-0.1, -0.05) is 12.1 Å². The van der Waals surface area contributed by atoms with Crippen LogP contribution in [0.5, 0.6) is 0 Å². The second kappa shape index (κ2) is 5.13. The van der Waals surface area contributed by atoms with Crippen LogP contribution in [0.4, 0.5) is 4.39 Å². The lowest BCUT2D eigenvalue weighted by molar-refractivity contribution is 0.248. The average molecular weight is 259 g/mol. The molecule has 19 heavy (non-hydrogen) atoms. The molecule has 1 aliphatic rings. The Morgan fingerprint density at radius 1 is 1.42 bits per heavy atom. The molecule has 1 fully saturated rings. The van der Waals surface area contributed by atoms with E-state index in [1.165, 1.54) is 18.1 Å². The zero-order chi connectivity index (χ0) is 13.2. The number of rotatable bonds is 3. The van der Waals surface area contributed by atoms with Crippen LogP contribution in [0.15, 0.2) is 36.7 Å². The lowest BCUT2D eigenvalue weighted by atomic mass is 10.1. The number of aromatic nitrogens is 2. The molecule has 3 rings (SSSR count). The third-order valence-corrected chi connectivity index (χ3v) is 3.75. The van der Waals surface area contributed by atoms with Gasteiger partial charge in [0.25, 0.3) is 0 Å². The van der Waals surface area contributed by atoms with Crippen molar-refractivity contribution in [3.05, 3.63) is 53.6 Å². The van der Waals surface area contributed by atoms with Crippen LogP contribution < -0.4 is 0 Å². The molecule has 4 heteroatoms. The Balaban J connectivity index is 1.76. The Hall–Kier alpha value is -1.68. The number of benzene rings is 1. The number of nitrogens with zero attached hydrogens (tertiary/aromatic N) is 3. The standard InChI is InChI=1S/C15H18FN3/c1-18-11-13(9-17-18)15-6-3-7-19(15)10-12-4-2-5-14(16)8-12/h2,4-5,8-9,11,15H,3,6-7,10H2,1H3. The molecule has 0 N–H and O–H groups in total. The molecule has 1 aromatic heterocycles. The number of hydrogen-bond donors (Lipinski definition) is 0. The van der Waals surface area contributed by atoms with E-state index in [1.54, 1.807) is 12.1 Å². The van der Waals surface area contributed by atoms with E-state index in [-0.39, 0.29) is 5.82 Å². The largest absolute Gasteiger partial charge is 0.292 e. The van der Waals surface area contributed by atoms with Crippen molar-refractivity contribution in [2.24, 2.45) is 7.05 Å². The minimum Gasteiger partial charge on any atom is -0.292 e. The highest BCUT2D eigenvalue weighted by Crippen LogP contribution is 2.32. The van der Waals surface area contributed by atoms with Gasteiger partial charge >= 0.3 is 0 Å². The topological polar surface area (TPSA) is 21.1 Å². The summed E-state index contributed by atoms with van der Waals surface area (Å²) < 4.78 is 15.1. The van der Waals surface area contributed by atoms with Crippen LogP contribution in [-0.4, -0.2) is 21.2 Å². The minimum absolute atomic E-state index is 0.158. The molecule has 2 aromatic rings. The van der Waals surface area contributed by atoms with Gasteiger partial charge < -0.3 is 0 Å². The molecule has 1 atom stereocenters. The molecule has 0 bridgehead atoms. The Kier molecular flexibility index (Phi) is 3.34. The van der Waals surface area contributed by atoms with Gasteiger partial charge in [-0.05, 0) is 37.1 Å². The van der Waals surface area contributed by atoms with Crippen LogP contribution in [-0.2, 0) is 13.6 Å². The molecule has 1 saturated heterocycles. The van der Waals surface area contributed by atoms with E-state index in [0.717, 1.165) is 25.1 Å². The van der Waals surface area contributed by atoms with E-state index in [4.69, 9.17) is 0 Å². The van der Waals surface area contributed by atoms with Crippen LogP contribution in [0.3, 0.4) is 0 Å². The smallest absolute Gasteiger partial charge is 0.123 e. The van der Waals surface area contributed by atoms with Crippen molar-refractivity contribution in [3.63, 3.8) is 0 Å². The van der Waals surface area contributed by atoms with Gasteiger partial charge in [-0.15, -0.1) is 0 Å². The fourth-order valence-corrected chi connectivity index (χ4v) is 2.87. The summed E-state index contributed by atoms with van der Waals surface area (Å²) in [6.45, 7) is 1.87. The predicted molar refractivity (Wildman–Crippen MR) is 72.0 cm³/mol. The van der Waals surface area contributed by atoms with Crippen LogP contribution >= 0.6 is 0 Å². The van der Waals surface area contributed by atoms with E-state index in [9.17, 15) is 4.39 Å². The molecule has 3 nitrogen and oxygen atoms in total. The molecule has 2 heterocycles. The van der Waals surface area contributed by atoms with E-state index in [0.29, 0.717) is 6.04 Å². The molecule has 0 radical (unpaired) electrons. The molecule has 100 valence electrons. The molecular weight excluding hydrogens is 241 g/mol. The zero-order valence-corrected chi connectivity index (χ0v) is 11.1. The number of hydrogen-bond acceptors (Lipinski definition) is 2. The maximum Gasteiger partial charge on any atom is 0.123 e. The Bertz CT molecular complexity index is 564. The lowest BCUT2D eigenvalue weighted by Crippen LogP contribution is -2.22. The SMILES string of the molecule is Cn1cc(C2CCCN2Cc2cccc(F)c2)cn1. The van der Waals surface area contributed by atoms with Crippen molar-refractivity contribution in [3.8, 4) is 0 Å². The number of aryl methyl sites for hydroxylation is 1. The van der Waals surface area contributed by atoms with Crippen molar-refractivity contribution in [1.29, 1.82) is 0 Å². The van der Waals surface area contributed by atoms with E-state index < -0.39 is 0 Å². The van der Waals surface area contributed by atoms with Gasteiger partial charge in [0.2, 0.25) is 0 Å². The number of halogens is 1. The first kappa shape index (κ1) is 12.4. The first-order chi connectivity index (χ1) is 9.22. The summed E-state index contributed by atoms with van der Waals surface area (Å²) in [5.41, 5.74) is 2.30. The van der Waals surface area contributed by atoms with Gasteiger partial charge in [0.05, 0.1) is 6.20 Å². The molecule has 0 aliphatic carbocycles. The van der Waals surface area contributed by atoms with Gasteiger partial charge in [-0.25, -0.2) is 4.39 Å². The van der Waals surface area contributed by atoms with Gasteiger partial charge in [-0.2, -0.15) is 5.10 Å². The van der Waals surface area contributed by atoms with Crippen LogP contribution in [0, 0.1) is 5.82 Å². The van der Waals surface area contributed by atoms with E-state index >= 15 is 0 Å². The highest BCUT2D eigenvalue weighted by Gasteiger charge is 2.26. The third kappa shape index (κ3) is 2.68. The lowest BCUT2D eigenvalue weighted by Gasteiger charge is -2.23. The Morgan fingerprint density at radius 2 is 2.32 bits per heavy atom. The summed E-state index contributed by atoms with van der Waals surface area (Å²) in [6.07, 6.45) is 6.36. The highest BCUT2D eigenvalue weighted by molar-refractivity contribution is 5.18. The fourth-order valence-electron chi connectivity index (χ4n) is 2.87. The normalized spacial score (nSPS) is 20.0. The predicted octanol–water partition coefficient (Wildman–Crippen LogP) is 2.90. The second-order valence-corrected chi connectivity index (χ2v) is 5.21. The number of likely N-dealkylation sites (tertiary alicyclic amines) is 1. The van der Waals surface area contributed by atoms with Gasteiger partial charge in [0.1, 0.15) is 5.82 Å². The first-order valence-electron chi connectivity index (χ1n) is 6.69. The summed E-state index contributed by atoms with van der Waals surface area (Å²) in [7, 11) is 1.94. The Labute approximate surface area is 112 Å². The molecular formula is C15H18FN3.